The minimum atomic E-state index is -1.35. The summed E-state index contributed by atoms with van der Waals surface area (Å²) in [7, 11) is 0. The number of pyridine rings is 1. The Morgan fingerprint density at radius 2 is 2.27 bits per heavy atom. The fourth-order valence-corrected chi connectivity index (χ4v) is 0.989. The molecule has 0 spiro atoms. The molecule has 0 amide bonds. The Hall–Kier alpha value is -0.720. The molecule has 0 aromatic carbocycles. The summed E-state index contributed by atoms with van der Waals surface area (Å²) in [6.45, 7) is 0. The zero-order valence-corrected chi connectivity index (χ0v) is 7.37. The van der Waals surface area contributed by atoms with Crippen molar-refractivity contribution in [1.82, 2.24) is 4.98 Å². The summed E-state index contributed by atoms with van der Waals surface area (Å²) in [4.78, 5) is 13.8. The van der Waals surface area contributed by atoms with E-state index in [1.807, 2.05) is 22.6 Å². The highest BCUT2D eigenvalue weighted by Crippen LogP contribution is 2.07. The van der Waals surface area contributed by atoms with E-state index >= 15 is 0 Å². The predicted octanol–water partition coefficient (Wildman–Crippen LogP) is 1.52. The number of carboxylic acids is 1. The molecule has 0 radical (unpaired) electrons. The maximum atomic E-state index is 12.6. The number of aromatic nitrogens is 1. The summed E-state index contributed by atoms with van der Waals surface area (Å²) < 4.78 is 13.0. The van der Waals surface area contributed by atoms with Gasteiger partial charge in [-0.2, -0.15) is 0 Å². The molecule has 0 bridgehead atoms. The van der Waals surface area contributed by atoms with Crippen LogP contribution in [0.15, 0.2) is 12.1 Å². The molecular formula is C6H3FINO2. The lowest BCUT2D eigenvalue weighted by molar-refractivity contribution is 0.0684. The molecule has 0 atom stereocenters. The van der Waals surface area contributed by atoms with Gasteiger partial charge in [-0.25, -0.2) is 14.2 Å². The molecule has 0 saturated carbocycles. The van der Waals surface area contributed by atoms with Crippen molar-refractivity contribution in [3.05, 3.63) is 27.3 Å². The van der Waals surface area contributed by atoms with Crippen LogP contribution in [0.1, 0.15) is 10.5 Å². The van der Waals surface area contributed by atoms with Crippen molar-refractivity contribution >= 4 is 28.6 Å². The van der Waals surface area contributed by atoms with Crippen molar-refractivity contribution < 1.29 is 14.3 Å². The molecule has 0 aliphatic carbocycles. The van der Waals surface area contributed by atoms with E-state index in [0.29, 0.717) is 3.70 Å². The average Bonchev–Trinajstić information content (AvgIpc) is 1.94. The van der Waals surface area contributed by atoms with E-state index in [1.54, 1.807) is 0 Å². The highest BCUT2D eigenvalue weighted by molar-refractivity contribution is 14.1. The normalized spacial score (nSPS) is 9.64. The lowest BCUT2D eigenvalue weighted by Crippen LogP contribution is -2.04. The van der Waals surface area contributed by atoms with Crippen LogP contribution in [0.4, 0.5) is 4.39 Å². The lowest BCUT2D eigenvalue weighted by atomic mass is 10.3. The van der Waals surface area contributed by atoms with E-state index in [-0.39, 0.29) is 0 Å². The first-order valence-electron chi connectivity index (χ1n) is 2.66. The van der Waals surface area contributed by atoms with Gasteiger partial charge in [-0.1, -0.05) is 0 Å². The van der Waals surface area contributed by atoms with E-state index in [2.05, 4.69) is 4.98 Å². The van der Waals surface area contributed by atoms with Crippen LogP contribution in [0.3, 0.4) is 0 Å². The minimum Gasteiger partial charge on any atom is -0.476 e. The molecule has 58 valence electrons. The topological polar surface area (TPSA) is 50.2 Å². The van der Waals surface area contributed by atoms with Gasteiger partial charge in [-0.05, 0) is 34.7 Å². The Morgan fingerprint density at radius 3 is 2.73 bits per heavy atom. The van der Waals surface area contributed by atoms with Crippen molar-refractivity contribution in [2.24, 2.45) is 0 Å². The monoisotopic (exact) mass is 267 g/mol. The van der Waals surface area contributed by atoms with E-state index in [1.165, 1.54) is 6.07 Å². The number of nitrogens with zero attached hydrogens (tertiary/aromatic N) is 1. The molecule has 1 aromatic heterocycles. The van der Waals surface area contributed by atoms with Crippen LogP contribution in [0, 0.1) is 9.52 Å². The fraction of sp³-hybridized carbons (Fsp3) is 0. The summed E-state index contributed by atoms with van der Waals surface area (Å²) in [5.74, 6) is -2.15. The van der Waals surface area contributed by atoms with Gasteiger partial charge in [-0.15, -0.1) is 0 Å². The Morgan fingerprint density at radius 1 is 1.64 bits per heavy atom. The lowest BCUT2D eigenvalue weighted by Gasteiger charge is -1.95. The van der Waals surface area contributed by atoms with Crippen LogP contribution in [0.2, 0.25) is 0 Å². The second-order valence-electron chi connectivity index (χ2n) is 1.77. The van der Waals surface area contributed by atoms with Gasteiger partial charge in [0.15, 0.2) is 11.5 Å². The molecule has 1 rings (SSSR count). The predicted molar refractivity (Wildman–Crippen MR) is 43.9 cm³/mol. The molecule has 1 aromatic rings. The summed E-state index contributed by atoms with van der Waals surface area (Å²) in [6.07, 6.45) is 0. The van der Waals surface area contributed by atoms with Crippen LogP contribution in [0.25, 0.3) is 0 Å². The summed E-state index contributed by atoms with van der Waals surface area (Å²) in [6, 6.07) is 2.49. The van der Waals surface area contributed by atoms with Crippen LogP contribution in [-0.2, 0) is 0 Å². The molecule has 11 heavy (non-hydrogen) atoms. The molecule has 3 nitrogen and oxygen atoms in total. The second kappa shape index (κ2) is 3.12. The number of carbonyl (C=O) groups is 1. The van der Waals surface area contributed by atoms with Gasteiger partial charge >= 0.3 is 5.97 Å². The Kier molecular flexibility index (Phi) is 2.38. The van der Waals surface area contributed by atoms with Gasteiger partial charge in [0, 0.05) is 0 Å². The van der Waals surface area contributed by atoms with Crippen molar-refractivity contribution in [3.63, 3.8) is 0 Å². The number of carboxylic acid groups (broad SMARTS) is 1. The number of halogens is 2. The van der Waals surface area contributed by atoms with Gasteiger partial charge in [0.1, 0.15) is 3.70 Å². The smallest absolute Gasteiger partial charge is 0.357 e. The van der Waals surface area contributed by atoms with Crippen molar-refractivity contribution in [2.75, 3.05) is 0 Å². The van der Waals surface area contributed by atoms with Crippen LogP contribution < -0.4 is 0 Å². The molecule has 0 unspecified atom stereocenters. The zero-order chi connectivity index (χ0) is 8.43. The fourth-order valence-electron chi connectivity index (χ4n) is 0.568. The van der Waals surface area contributed by atoms with Crippen molar-refractivity contribution in [1.29, 1.82) is 0 Å². The third-order valence-electron chi connectivity index (χ3n) is 1.01. The maximum absolute atomic E-state index is 12.6. The number of aromatic carboxylic acids is 1. The van der Waals surface area contributed by atoms with Gasteiger partial charge in [-0.3, -0.25) is 0 Å². The highest BCUT2D eigenvalue weighted by Gasteiger charge is 2.11. The third-order valence-corrected chi connectivity index (χ3v) is 1.62. The van der Waals surface area contributed by atoms with Gasteiger partial charge in [0.2, 0.25) is 0 Å². The molecule has 0 aliphatic heterocycles. The molecule has 0 aliphatic rings. The molecule has 1 N–H and O–H groups in total. The van der Waals surface area contributed by atoms with Crippen LogP contribution in [0.5, 0.6) is 0 Å². The molecule has 0 saturated heterocycles. The van der Waals surface area contributed by atoms with Crippen LogP contribution >= 0.6 is 22.6 Å². The van der Waals surface area contributed by atoms with E-state index < -0.39 is 17.5 Å². The van der Waals surface area contributed by atoms with Crippen LogP contribution in [-0.4, -0.2) is 16.1 Å². The molecular weight excluding hydrogens is 264 g/mol. The van der Waals surface area contributed by atoms with E-state index in [0.717, 1.165) is 6.07 Å². The van der Waals surface area contributed by atoms with E-state index in [4.69, 9.17) is 5.11 Å². The highest BCUT2D eigenvalue weighted by atomic mass is 127. The SMILES string of the molecule is O=C(O)c1nc(I)ccc1F. The second-order valence-corrected chi connectivity index (χ2v) is 2.87. The quantitative estimate of drug-likeness (QED) is 0.620. The summed E-state index contributed by atoms with van der Waals surface area (Å²) in [5, 5.41) is 8.38. The first-order valence-corrected chi connectivity index (χ1v) is 3.74. The maximum Gasteiger partial charge on any atom is 0.357 e. The van der Waals surface area contributed by atoms with E-state index in [9.17, 15) is 9.18 Å². The van der Waals surface area contributed by atoms with Gasteiger partial charge in [0.25, 0.3) is 0 Å². The Balaban J connectivity index is 3.23. The van der Waals surface area contributed by atoms with Gasteiger partial charge in [0.05, 0.1) is 0 Å². The number of hydrogen-bond donors (Lipinski definition) is 1. The first kappa shape index (κ1) is 8.38. The summed E-state index contributed by atoms with van der Waals surface area (Å²) >= 11 is 1.81. The largest absolute Gasteiger partial charge is 0.476 e. The van der Waals surface area contributed by atoms with Crippen molar-refractivity contribution in [3.8, 4) is 0 Å². The van der Waals surface area contributed by atoms with Crippen molar-refractivity contribution in [2.45, 2.75) is 0 Å². The molecule has 1 heterocycles. The number of rotatable bonds is 1. The number of hydrogen-bond acceptors (Lipinski definition) is 2. The zero-order valence-electron chi connectivity index (χ0n) is 5.21. The standard InChI is InChI=1S/C6H3FINO2/c7-3-1-2-4(8)9-5(3)6(10)11/h1-2H,(H,10,11). The first-order chi connectivity index (χ1) is 5.11. The Labute approximate surface area is 75.4 Å². The Bertz CT molecular complexity index is 303. The molecule has 0 fully saturated rings. The average molecular weight is 267 g/mol. The minimum absolute atomic E-state index is 0.460. The summed E-state index contributed by atoms with van der Waals surface area (Å²) in [5.41, 5.74) is -0.531. The third kappa shape index (κ3) is 1.86. The van der Waals surface area contributed by atoms with Gasteiger partial charge < -0.3 is 5.11 Å². The molecule has 5 heteroatoms.